The summed E-state index contributed by atoms with van der Waals surface area (Å²) in [5.74, 6) is 1.68. The number of ether oxygens (including phenoxy) is 3. The summed E-state index contributed by atoms with van der Waals surface area (Å²) in [4.78, 5) is 16.4. The molecule has 0 amide bonds. The highest BCUT2D eigenvalue weighted by Crippen LogP contribution is 2.27. The summed E-state index contributed by atoms with van der Waals surface area (Å²) >= 11 is 0. The second-order valence-corrected chi connectivity index (χ2v) is 5.99. The van der Waals surface area contributed by atoms with Crippen LogP contribution >= 0.6 is 0 Å². The van der Waals surface area contributed by atoms with E-state index in [0.717, 1.165) is 11.1 Å². The largest absolute Gasteiger partial charge is 0.493 e. The van der Waals surface area contributed by atoms with Crippen molar-refractivity contribution in [1.82, 2.24) is 4.98 Å². The van der Waals surface area contributed by atoms with Crippen LogP contribution in [0.25, 0.3) is 11.5 Å². The number of oxazole rings is 1. The van der Waals surface area contributed by atoms with Crippen LogP contribution in [0.1, 0.15) is 17.0 Å². The van der Waals surface area contributed by atoms with Crippen LogP contribution in [-0.4, -0.2) is 24.7 Å². The Morgan fingerprint density at radius 1 is 1.07 bits per heavy atom. The number of carbonyl (C=O) groups is 1. The number of benzene rings is 2. The predicted molar refractivity (Wildman–Crippen MR) is 99.7 cm³/mol. The zero-order valence-electron chi connectivity index (χ0n) is 15.5. The Hall–Kier alpha value is -3.28. The Kier molecular flexibility index (Phi) is 5.76. The molecule has 0 fully saturated rings. The lowest BCUT2D eigenvalue weighted by atomic mass is 10.2. The molecule has 0 atom stereocenters. The van der Waals surface area contributed by atoms with Crippen molar-refractivity contribution >= 4 is 5.97 Å². The summed E-state index contributed by atoms with van der Waals surface area (Å²) in [6.07, 6.45) is 0. The van der Waals surface area contributed by atoms with Gasteiger partial charge in [-0.2, -0.15) is 0 Å². The minimum Gasteiger partial charge on any atom is -0.493 e. The maximum atomic E-state index is 12.0. The molecule has 0 bridgehead atoms. The van der Waals surface area contributed by atoms with Crippen molar-refractivity contribution < 1.29 is 23.4 Å². The fraction of sp³-hybridized carbons (Fsp3) is 0.238. The number of hydrogen-bond acceptors (Lipinski definition) is 6. The van der Waals surface area contributed by atoms with Gasteiger partial charge in [-0.25, -0.2) is 9.78 Å². The molecule has 0 saturated carbocycles. The molecular weight excluding hydrogens is 346 g/mol. The summed E-state index contributed by atoms with van der Waals surface area (Å²) in [6.45, 7) is 3.54. The normalized spacial score (nSPS) is 10.5. The first-order valence-electron chi connectivity index (χ1n) is 8.51. The number of aromatic nitrogens is 1. The average Bonchev–Trinajstić information content (AvgIpc) is 3.06. The van der Waals surface area contributed by atoms with E-state index in [1.165, 1.54) is 0 Å². The monoisotopic (exact) mass is 367 g/mol. The molecule has 1 aromatic heterocycles. The fourth-order valence-corrected chi connectivity index (χ4v) is 2.49. The molecule has 6 nitrogen and oxygen atoms in total. The van der Waals surface area contributed by atoms with Gasteiger partial charge in [0.1, 0.15) is 18.1 Å². The minimum atomic E-state index is -0.499. The summed E-state index contributed by atoms with van der Waals surface area (Å²) in [5, 5.41) is 0. The first kappa shape index (κ1) is 18.5. The van der Waals surface area contributed by atoms with Gasteiger partial charge in [0.15, 0.2) is 18.1 Å². The van der Waals surface area contributed by atoms with Gasteiger partial charge in [-0.15, -0.1) is 0 Å². The summed E-state index contributed by atoms with van der Waals surface area (Å²) < 4.78 is 21.6. The van der Waals surface area contributed by atoms with Crippen LogP contribution in [-0.2, 0) is 16.1 Å². The Bertz CT molecular complexity index is 918. The van der Waals surface area contributed by atoms with Gasteiger partial charge in [0.2, 0.25) is 5.89 Å². The highest BCUT2D eigenvalue weighted by Gasteiger charge is 2.14. The number of aryl methyl sites for hydroxylation is 2. The van der Waals surface area contributed by atoms with Gasteiger partial charge in [-0.05, 0) is 43.7 Å². The number of esters is 1. The van der Waals surface area contributed by atoms with Crippen molar-refractivity contribution in [1.29, 1.82) is 0 Å². The summed E-state index contributed by atoms with van der Waals surface area (Å²) in [5.41, 5.74) is 2.49. The van der Waals surface area contributed by atoms with E-state index in [2.05, 4.69) is 4.98 Å². The van der Waals surface area contributed by atoms with E-state index in [9.17, 15) is 4.79 Å². The minimum absolute atomic E-state index is 0.0232. The molecule has 0 spiro atoms. The SMILES string of the molecule is COc1cc(C)ccc1OCC(=O)OCc1nc(-c2ccccc2)oc1C. The molecule has 3 aromatic rings. The second kappa shape index (κ2) is 8.40. The van der Waals surface area contributed by atoms with E-state index in [1.54, 1.807) is 20.1 Å². The third-order valence-corrected chi connectivity index (χ3v) is 3.95. The third kappa shape index (κ3) is 4.67. The van der Waals surface area contributed by atoms with E-state index in [0.29, 0.717) is 28.8 Å². The summed E-state index contributed by atoms with van der Waals surface area (Å²) in [6, 6.07) is 15.0. The van der Waals surface area contributed by atoms with E-state index in [4.69, 9.17) is 18.6 Å². The van der Waals surface area contributed by atoms with Crippen LogP contribution in [0.2, 0.25) is 0 Å². The molecule has 3 rings (SSSR count). The van der Waals surface area contributed by atoms with Gasteiger partial charge in [0.25, 0.3) is 0 Å². The molecule has 0 N–H and O–H groups in total. The molecule has 6 heteroatoms. The number of methoxy groups -OCH3 is 1. The Labute approximate surface area is 157 Å². The fourth-order valence-electron chi connectivity index (χ4n) is 2.49. The van der Waals surface area contributed by atoms with Crippen molar-refractivity contribution in [3.05, 3.63) is 65.5 Å². The lowest BCUT2D eigenvalue weighted by Gasteiger charge is -2.10. The maximum Gasteiger partial charge on any atom is 0.344 e. The molecule has 0 saturated heterocycles. The van der Waals surface area contributed by atoms with Crippen molar-refractivity contribution in [3.8, 4) is 23.0 Å². The van der Waals surface area contributed by atoms with Gasteiger partial charge < -0.3 is 18.6 Å². The molecule has 140 valence electrons. The van der Waals surface area contributed by atoms with Crippen molar-refractivity contribution in [3.63, 3.8) is 0 Å². The molecule has 27 heavy (non-hydrogen) atoms. The van der Waals surface area contributed by atoms with Crippen LogP contribution in [0, 0.1) is 13.8 Å². The standard InChI is InChI=1S/C21H21NO5/c1-14-9-10-18(19(11-14)24-3)25-13-20(23)26-12-17-15(2)27-21(22-17)16-7-5-4-6-8-16/h4-11H,12-13H2,1-3H3. The molecule has 0 aliphatic carbocycles. The van der Waals surface area contributed by atoms with Crippen LogP contribution in [0.4, 0.5) is 0 Å². The molecular formula is C21H21NO5. The number of carbonyl (C=O) groups excluding carboxylic acids is 1. The van der Waals surface area contributed by atoms with Gasteiger partial charge in [-0.3, -0.25) is 0 Å². The van der Waals surface area contributed by atoms with Gasteiger partial charge >= 0.3 is 5.97 Å². The quantitative estimate of drug-likeness (QED) is 0.586. The lowest BCUT2D eigenvalue weighted by molar-refractivity contribution is -0.147. The highest BCUT2D eigenvalue weighted by atomic mass is 16.6. The molecule has 0 unspecified atom stereocenters. The highest BCUT2D eigenvalue weighted by molar-refractivity contribution is 5.71. The van der Waals surface area contributed by atoms with E-state index >= 15 is 0 Å². The van der Waals surface area contributed by atoms with Crippen LogP contribution in [0.15, 0.2) is 52.9 Å². The number of hydrogen-bond donors (Lipinski definition) is 0. The van der Waals surface area contributed by atoms with Crippen molar-refractivity contribution in [2.24, 2.45) is 0 Å². The Morgan fingerprint density at radius 2 is 1.85 bits per heavy atom. The van der Waals surface area contributed by atoms with Crippen molar-refractivity contribution in [2.45, 2.75) is 20.5 Å². The topological polar surface area (TPSA) is 70.8 Å². The Balaban J connectivity index is 1.56. The number of rotatable bonds is 7. The zero-order valence-corrected chi connectivity index (χ0v) is 15.5. The van der Waals surface area contributed by atoms with Crippen LogP contribution in [0.5, 0.6) is 11.5 Å². The van der Waals surface area contributed by atoms with E-state index in [1.807, 2.05) is 49.4 Å². The second-order valence-electron chi connectivity index (χ2n) is 5.99. The Morgan fingerprint density at radius 3 is 2.59 bits per heavy atom. The van der Waals surface area contributed by atoms with Crippen LogP contribution < -0.4 is 9.47 Å². The molecule has 1 heterocycles. The molecule has 2 aromatic carbocycles. The van der Waals surface area contributed by atoms with Crippen LogP contribution in [0.3, 0.4) is 0 Å². The summed E-state index contributed by atoms with van der Waals surface area (Å²) in [7, 11) is 1.55. The smallest absolute Gasteiger partial charge is 0.344 e. The molecule has 0 aliphatic heterocycles. The zero-order chi connectivity index (χ0) is 19.2. The molecule has 0 radical (unpaired) electrons. The first-order valence-corrected chi connectivity index (χ1v) is 8.51. The van der Waals surface area contributed by atoms with Gasteiger partial charge in [0.05, 0.1) is 7.11 Å². The van der Waals surface area contributed by atoms with Gasteiger partial charge in [-0.1, -0.05) is 24.3 Å². The average molecular weight is 367 g/mol. The maximum absolute atomic E-state index is 12.0. The predicted octanol–water partition coefficient (Wildman–Crippen LogP) is 4.09. The van der Waals surface area contributed by atoms with E-state index in [-0.39, 0.29) is 13.2 Å². The third-order valence-electron chi connectivity index (χ3n) is 3.95. The molecule has 0 aliphatic rings. The van der Waals surface area contributed by atoms with E-state index < -0.39 is 5.97 Å². The van der Waals surface area contributed by atoms with Gasteiger partial charge in [0, 0.05) is 5.56 Å². The van der Waals surface area contributed by atoms with Crippen molar-refractivity contribution in [2.75, 3.05) is 13.7 Å². The first-order chi connectivity index (χ1) is 13.1. The lowest BCUT2D eigenvalue weighted by Crippen LogP contribution is -2.15. The number of nitrogens with zero attached hydrogens (tertiary/aromatic N) is 1.